The van der Waals surface area contributed by atoms with Crippen LogP contribution in [-0.4, -0.2) is 31.6 Å². The van der Waals surface area contributed by atoms with Crippen LogP contribution < -0.4 is 10.6 Å². The monoisotopic (exact) mass is 440 g/mol. The molecule has 1 aromatic carbocycles. The molecule has 4 aromatic rings. The summed E-state index contributed by atoms with van der Waals surface area (Å²) in [5.41, 5.74) is 2.26. The third kappa shape index (κ3) is 4.39. The number of amides is 2. The van der Waals surface area contributed by atoms with Crippen LogP contribution in [0.5, 0.6) is 0 Å². The molecule has 0 fully saturated rings. The second kappa shape index (κ2) is 8.33. The number of aromatic nitrogens is 4. The zero-order valence-corrected chi connectivity index (χ0v) is 18.3. The maximum atomic E-state index is 12.6. The van der Waals surface area contributed by atoms with Crippen molar-refractivity contribution in [3.05, 3.63) is 47.1 Å². The van der Waals surface area contributed by atoms with Gasteiger partial charge in [0.1, 0.15) is 5.82 Å². The van der Waals surface area contributed by atoms with Gasteiger partial charge in [-0.3, -0.25) is 9.59 Å². The number of hydrogen-bond acceptors (Lipinski definition) is 7. The van der Waals surface area contributed by atoms with E-state index in [4.69, 9.17) is 0 Å². The van der Waals surface area contributed by atoms with E-state index in [9.17, 15) is 9.59 Å². The standard InChI is InChI=1S/C20H20N6O2S2/c1-11(2)18(28)24-19-21-13(10-29-19)9-17(27)23-16-8-12(3)25-26(16)20-22-14-6-4-5-7-15(14)30-20/h4-8,10-11H,9H2,1-3H3,(H,23,27)(H,21,24,28). The first-order valence-corrected chi connectivity index (χ1v) is 11.1. The van der Waals surface area contributed by atoms with Crippen molar-refractivity contribution in [2.75, 3.05) is 10.6 Å². The van der Waals surface area contributed by atoms with Crippen molar-refractivity contribution in [2.45, 2.75) is 27.2 Å². The van der Waals surface area contributed by atoms with Crippen LogP contribution in [0.25, 0.3) is 15.3 Å². The summed E-state index contributed by atoms with van der Waals surface area (Å²) in [7, 11) is 0. The van der Waals surface area contributed by atoms with Crippen LogP contribution in [0.4, 0.5) is 10.9 Å². The normalized spacial score (nSPS) is 11.2. The van der Waals surface area contributed by atoms with E-state index < -0.39 is 0 Å². The summed E-state index contributed by atoms with van der Waals surface area (Å²) in [6.07, 6.45) is 0.0954. The fourth-order valence-electron chi connectivity index (χ4n) is 2.73. The lowest BCUT2D eigenvalue weighted by Gasteiger charge is -2.05. The number of nitrogens with zero attached hydrogens (tertiary/aromatic N) is 4. The number of rotatable bonds is 6. The zero-order valence-electron chi connectivity index (χ0n) is 16.7. The molecule has 0 aliphatic heterocycles. The largest absolute Gasteiger partial charge is 0.310 e. The minimum atomic E-state index is -0.218. The lowest BCUT2D eigenvalue weighted by molar-refractivity contribution is -0.119. The minimum absolute atomic E-state index is 0.0954. The number of anilines is 2. The molecule has 10 heteroatoms. The molecule has 0 aliphatic carbocycles. The van der Waals surface area contributed by atoms with Crippen LogP contribution in [0.1, 0.15) is 25.2 Å². The highest BCUT2D eigenvalue weighted by Gasteiger charge is 2.16. The number of nitrogens with one attached hydrogen (secondary N) is 2. The Bertz CT molecular complexity index is 1190. The molecule has 8 nitrogen and oxygen atoms in total. The molecule has 3 heterocycles. The first kappa shape index (κ1) is 20.2. The summed E-state index contributed by atoms with van der Waals surface area (Å²) in [6.45, 7) is 5.49. The fourth-order valence-corrected chi connectivity index (χ4v) is 4.38. The Hall–Kier alpha value is -3.11. The van der Waals surface area contributed by atoms with Gasteiger partial charge >= 0.3 is 0 Å². The van der Waals surface area contributed by atoms with Crippen molar-refractivity contribution in [1.29, 1.82) is 0 Å². The number of carbonyl (C=O) groups excluding carboxylic acids is 2. The second-order valence-corrected chi connectivity index (χ2v) is 8.93. The van der Waals surface area contributed by atoms with Crippen molar-refractivity contribution < 1.29 is 9.59 Å². The van der Waals surface area contributed by atoms with Crippen LogP contribution >= 0.6 is 22.7 Å². The van der Waals surface area contributed by atoms with Crippen molar-refractivity contribution in [2.24, 2.45) is 5.92 Å². The molecule has 0 radical (unpaired) electrons. The summed E-state index contributed by atoms with van der Waals surface area (Å²) < 4.78 is 2.70. The van der Waals surface area contributed by atoms with Crippen molar-refractivity contribution in [3.63, 3.8) is 0 Å². The molecule has 0 bridgehead atoms. The van der Waals surface area contributed by atoms with Crippen LogP contribution in [0.15, 0.2) is 35.7 Å². The van der Waals surface area contributed by atoms with E-state index in [1.807, 2.05) is 45.0 Å². The third-order valence-electron chi connectivity index (χ3n) is 4.21. The number of carbonyl (C=O) groups is 2. The van der Waals surface area contributed by atoms with Gasteiger partial charge in [-0.2, -0.15) is 9.78 Å². The Balaban J connectivity index is 1.48. The van der Waals surface area contributed by atoms with E-state index in [2.05, 4.69) is 25.7 Å². The molecule has 2 N–H and O–H groups in total. The van der Waals surface area contributed by atoms with Gasteiger partial charge in [0.15, 0.2) is 5.13 Å². The molecule has 0 aliphatic rings. The predicted octanol–water partition coefficient (Wildman–Crippen LogP) is 4.02. The highest BCUT2D eigenvalue weighted by Crippen LogP contribution is 2.27. The summed E-state index contributed by atoms with van der Waals surface area (Å²) >= 11 is 2.81. The quantitative estimate of drug-likeness (QED) is 0.471. The maximum Gasteiger partial charge on any atom is 0.231 e. The average Bonchev–Trinajstić information content (AvgIpc) is 3.39. The predicted molar refractivity (Wildman–Crippen MR) is 119 cm³/mol. The third-order valence-corrected chi connectivity index (χ3v) is 6.03. The number of aryl methyl sites for hydroxylation is 1. The zero-order chi connectivity index (χ0) is 21.3. The highest BCUT2D eigenvalue weighted by molar-refractivity contribution is 7.20. The fraction of sp³-hybridized carbons (Fsp3) is 0.250. The Morgan fingerprint density at radius 3 is 2.73 bits per heavy atom. The van der Waals surface area contributed by atoms with Gasteiger partial charge in [-0.25, -0.2) is 9.97 Å². The Morgan fingerprint density at radius 2 is 1.97 bits per heavy atom. The van der Waals surface area contributed by atoms with E-state index >= 15 is 0 Å². The SMILES string of the molecule is Cc1cc(NC(=O)Cc2csc(NC(=O)C(C)C)n2)n(-c2nc3ccccc3s2)n1. The van der Waals surface area contributed by atoms with Crippen LogP contribution in [0.2, 0.25) is 0 Å². The van der Waals surface area contributed by atoms with Gasteiger partial charge in [0, 0.05) is 17.4 Å². The minimum Gasteiger partial charge on any atom is -0.310 e. The first-order chi connectivity index (χ1) is 14.4. The lowest BCUT2D eigenvalue weighted by atomic mass is 10.2. The summed E-state index contributed by atoms with van der Waals surface area (Å²) in [5, 5.41) is 13.1. The second-order valence-electron chi connectivity index (χ2n) is 7.06. The van der Waals surface area contributed by atoms with Gasteiger partial charge in [-0.05, 0) is 19.1 Å². The van der Waals surface area contributed by atoms with E-state index in [0.29, 0.717) is 21.8 Å². The molecule has 30 heavy (non-hydrogen) atoms. The van der Waals surface area contributed by atoms with Crippen molar-refractivity contribution in [3.8, 4) is 5.13 Å². The molecular weight excluding hydrogens is 420 g/mol. The van der Waals surface area contributed by atoms with Gasteiger partial charge < -0.3 is 10.6 Å². The van der Waals surface area contributed by atoms with Crippen LogP contribution in [0, 0.1) is 12.8 Å². The Morgan fingerprint density at radius 1 is 1.17 bits per heavy atom. The molecule has 0 saturated heterocycles. The summed E-state index contributed by atoms with van der Waals surface area (Å²) in [6, 6.07) is 9.66. The van der Waals surface area contributed by atoms with E-state index in [-0.39, 0.29) is 24.2 Å². The molecule has 0 spiro atoms. The molecule has 0 unspecified atom stereocenters. The van der Waals surface area contributed by atoms with E-state index in [1.165, 1.54) is 22.7 Å². The number of benzene rings is 1. The van der Waals surface area contributed by atoms with Gasteiger partial charge in [0.05, 0.1) is 28.0 Å². The molecule has 3 aromatic heterocycles. The molecule has 154 valence electrons. The molecule has 0 saturated carbocycles. The topological polar surface area (TPSA) is 102 Å². The van der Waals surface area contributed by atoms with Crippen LogP contribution in [0.3, 0.4) is 0 Å². The highest BCUT2D eigenvalue weighted by atomic mass is 32.1. The lowest BCUT2D eigenvalue weighted by Crippen LogP contribution is -2.18. The van der Waals surface area contributed by atoms with Crippen LogP contribution in [-0.2, 0) is 16.0 Å². The van der Waals surface area contributed by atoms with E-state index in [1.54, 1.807) is 16.1 Å². The number of thiazole rings is 2. The van der Waals surface area contributed by atoms with Crippen molar-refractivity contribution in [1.82, 2.24) is 19.7 Å². The van der Waals surface area contributed by atoms with Gasteiger partial charge in [-0.15, -0.1) is 11.3 Å². The molecule has 4 rings (SSSR count). The Labute approximate surface area is 181 Å². The van der Waals surface area contributed by atoms with Crippen molar-refractivity contribution >= 4 is 55.7 Å². The van der Waals surface area contributed by atoms with E-state index in [0.717, 1.165) is 15.9 Å². The number of fused-ring (bicyclic) bond motifs is 1. The van der Waals surface area contributed by atoms with Gasteiger partial charge in [-0.1, -0.05) is 37.3 Å². The molecule has 0 atom stereocenters. The molecular formula is C20H20N6O2S2. The van der Waals surface area contributed by atoms with Gasteiger partial charge in [0.25, 0.3) is 0 Å². The van der Waals surface area contributed by atoms with Gasteiger partial charge in [0.2, 0.25) is 16.9 Å². The average molecular weight is 441 g/mol. The number of para-hydroxylation sites is 1. The molecule has 2 amide bonds. The maximum absolute atomic E-state index is 12.6. The first-order valence-electron chi connectivity index (χ1n) is 9.37. The smallest absolute Gasteiger partial charge is 0.231 e. The number of hydrogen-bond donors (Lipinski definition) is 2. The summed E-state index contributed by atoms with van der Waals surface area (Å²) in [5.74, 6) is 0.103. The Kier molecular flexibility index (Phi) is 5.60. The summed E-state index contributed by atoms with van der Waals surface area (Å²) in [4.78, 5) is 33.3.